The molecule has 7 nitrogen and oxygen atoms in total. The van der Waals surface area contributed by atoms with Gasteiger partial charge in [0.05, 0.1) is 11.2 Å². The second-order valence-electron chi connectivity index (χ2n) is 7.36. The number of hydrogen-bond donors (Lipinski definition) is 2. The zero-order valence-corrected chi connectivity index (χ0v) is 19.9. The van der Waals surface area contributed by atoms with Crippen molar-refractivity contribution in [1.82, 2.24) is 25.4 Å². The van der Waals surface area contributed by atoms with E-state index in [0.29, 0.717) is 0 Å². The van der Waals surface area contributed by atoms with Crippen molar-refractivity contribution < 1.29 is 18.3 Å². The average molecular weight is 478 g/mol. The Morgan fingerprint density at radius 2 is 1.64 bits per heavy atom. The van der Waals surface area contributed by atoms with E-state index < -0.39 is 6.29 Å². The summed E-state index contributed by atoms with van der Waals surface area (Å²) in [4.78, 5) is 3.94. The van der Waals surface area contributed by atoms with Crippen LogP contribution in [0.5, 0.6) is 11.5 Å². The fraction of sp³-hybridized carbons (Fsp3) is 0.348. The Kier molecular flexibility index (Phi) is 10.5. The summed E-state index contributed by atoms with van der Waals surface area (Å²) in [7, 11) is 0. The molecule has 1 aliphatic carbocycles. The molecule has 1 aliphatic heterocycles. The quantitative estimate of drug-likeness (QED) is 0.310. The molecule has 1 aromatic carbocycles. The first-order valence-corrected chi connectivity index (χ1v) is 11.3. The Labute approximate surface area is 196 Å². The topological polar surface area (TPSA) is 88.7 Å². The van der Waals surface area contributed by atoms with Crippen LogP contribution >= 0.6 is 11.3 Å². The highest BCUT2D eigenvalue weighted by molar-refractivity contribution is 7.09. The SMILES string of the molecule is CC1CC1.Cc1ccn[nH]1.Cc1cn[nH]c1.Cc1nccs1.FC1(F)Oc2ccccc2O1. The predicted octanol–water partition coefficient (Wildman–Crippen LogP) is 6.31. The maximum absolute atomic E-state index is 12.3. The molecule has 2 aliphatic rings. The van der Waals surface area contributed by atoms with Crippen LogP contribution in [0.25, 0.3) is 0 Å². The van der Waals surface area contributed by atoms with Crippen LogP contribution in [0.2, 0.25) is 0 Å². The molecule has 178 valence electrons. The normalized spacial score (nSPS) is 14.1. The molecule has 0 atom stereocenters. The number of nitrogens with zero attached hydrogens (tertiary/aromatic N) is 3. The molecule has 1 saturated carbocycles. The third-order valence-electron chi connectivity index (χ3n) is 4.00. The third kappa shape index (κ3) is 11.8. The summed E-state index contributed by atoms with van der Waals surface area (Å²) in [5.41, 5.74) is 2.28. The van der Waals surface area contributed by atoms with E-state index in [1.807, 2.05) is 38.4 Å². The molecule has 0 bridgehead atoms. The molecular weight excluding hydrogens is 448 g/mol. The first-order valence-electron chi connectivity index (χ1n) is 10.4. The lowest BCUT2D eigenvalue weighted by Crippen LogP contribution is -2.25. The lowest BCUT2D eigenvalue weighted by Gasteiger charge is -2.04. The summed E-state index contributed by atoms with van der Waals surface area (Å²) in [5.74, 6) is 1.25. The molecular formula is C23H29F2N5O2S. The van der Waals surface area contributed by atoms with Gasteiger partial charge in [-0.3, -0.25) is 15.2 Å². The number of thiazole rings is 1. The minimum atomic E-state index is -3.50. The van der Waals surface area contributed by atoms with Crippen molar-refractivity contribution in [3.63, 3.8) is 0 Å². The number of H-pyrrole nitrogens is 2. The standard InChI is InChI=1S/C7H4F2O2.2C4H6N2.C4H5NS.C4H8/c8-7(9)10-5-3-1-2-4-6(5)11-7;1-4-2-5-6-3-4;1-4-2-3-5-6-4;1-4-5-2-3-6-4;1-4-2-3-4/h1-4H;2*2-3H,1H3,(H,5,6);2-3H,1H3;4H,2-3H2,1H3. The van der Waals surface area contributed by atoms with Crippen LogP contribution in [-0.2, 0) is 0 Å². The van der Waals surface area contributed by atoms with Crippen LogP contribution in [-0.4, -0.2) is 31.7 Å². The largest absolute Gasteiger partial charge is 0.586 e. The molecule has 0 radical (unpaired) electrons. The van der Waals surface area contributed by atoms with Crippen LogP contribution in [0, 0.1) is 26.7 Å². The van der Waals surface area contributed by atoms with Crippen molar-refractivity contribution in [2.75, 3.05) is 0 Å². The van der Waals surface area contributed by atoms with Gasteiger partial charge in [0.15, 0.2) is 11.5 Å². The summed E-state index contributed by atoms with van der Waals surface area (Å²) in [5, 5.41) is 15.9. The summed E-state index contributed by atoms with van der Waals surface area (Å²) < 4.78 is 32.9. The van der Waals surface area contributed by atoms with Gasteiger partial charge in [0.2, 0.25) is 0 Å². The monoisotopic (exact) mass is 477 g/mol. The van der Waals surface area contributed by atoms with Gasteiger partial charge in [-0.25, -0.2) is 0 Å². The number of fused-ring (bicyclic) bond motifs is 1. The Bertz CT molecular complexity index is 902. The first-order chi connectivity index (χ1) is 15.7. The van der Waals surface area contributed by atoms with Crippen LogP contribution < -0.4 is 9.47 Å². The molecule has 4 aromatic rings. The van der Waals surface area contributed by atoms with Gasteiger partial charge in [-0.1, -0.05) is 31.9 Å². The second kappa shape index (κ2) is 13.3. The van der Waals surface area contributed by atoms with E-state index in [1.165, 1.54) is 30.5 Å². The fourth-order valence-corrected chi connectivity index (χ4v) is 2.44. The fourth-order valence-electron chi connectivity index (χ4n) is 2.00. The van der Waals surface area contributed by atoms with E-state index in [1.54, 1.807) is 42.1 Å². The van der Waals surface area contributed by atoms with Gasteiger partial charge in [0, 0.05) is 29.7 Å². The molecule has 0 unspecified atom stereocenters. The molecule has 1 fully saturated rings. The highest BCUT2D eigenvalue weighted by atomic mass is 32.1. The summed E-state index contributed by atoms with van der Waals surface area (Å²) in [6.45, 7) is 8.22. The molecule has 0 spiro atoms. The van der Waals surface area contributed by atoms with Crippen molar-refractivity contribution >= 4 is 11.3 Å². The Morgan fingerprint density at radius 1 is 1.00 bits per heavy atom. The van der Waals surface area contributed by atoms with Crippen LogP contribution in [0.4, 0.5) is 8.78 Å². The van der Waals surface area contributed by atoms with Crippen LogP contribution in [0.15, 0.2) is 60.5 Å². The zero-order valence-electron chi connectivity index (χ0n) is 19.1. The Balaban J connectivity index is 0.000000153. The number of alkyl halides is 2. The summed E-state index contributed by atoms with van der Waals surface area (Å²) >= 11 is 1.67. The second-order valence-corrected chi connectivity index (χ2v) is 8.46. The van der Waals surface area contributed by atoms with Gasteiger partial charge in [-0.05, 0) is 50.5 Å². The van der Waals surface area contributed by atoms with Gasteiger partial charge in [0.1, 0.15) is 0 Å². The molecule has 0 amide bonds. The average Bonchev–Trinajstić information content (AvgIpc) is 3.25. The number of aryl methyl sites for hydroxylation is 3. The third-order valence-corrected chi connectivity index (χ3v) is 4.71. The number of halogens is 2. The van der Waals surface area contributed by atoms with Crippen LogP contribution in [0.1, 0.15) is 36.0 Å². The lowest BCUT2D eigenvalue weighted by atomic mass is 10.3. The lowest BCUT2D eigenvalue weighted by molar-refractivity contribution is -0.286. The molecule has 3 aromatic heterocycles. The van der Waals surface area contributed by atoms with E-state index in [4.69, 9.17) is 0 Å². The number of ether oxygens (including phenoxy) is 2. The molecule has 10 heteroatoms. The minimum absolute atomic E-state index is 0.0810. The van der Waals surface area contributed by atoms with E-state index in [2.05, 4.69) is 41.8 Å². The highest BCUT2D eigenvalue weighted by Gasteiger charge is 2.42. The predicted molar refractivity (Wildman–Crippen MR) is 125 cm³/mol. The van der Waals surface area contributed by atoms with Gasteiger partial charge in [-0.15, -0.1) is 20.1 Å². The molecule has 4 heterocycles. The van der Waals surface area contributed by atoms with E-state index in [-0.39, 0.29) is 11.5 Å². The zero-order chi connectivity index (χ0) is 24.1. The first kappa shape index (κ1) is 26.0. The summed E-state index contributed by atoms with van der Waals surface area (Å²) in [6, 6.07) is 7.97. The van der Waals surface area contributed by atoms with Crippen molar-refractivity contribution in [2.24, 2.45) is 5.92 Å². The van der Waals surface area contributed by atoms with E-state index in [9.17, 15) is 8.78 Å². The maximum Gasteiger partial charge on any atom is 0.586 e. The molecule has 0 saturated heterocycles. The summed E-state index contributed by atoms with van der Waals surface area (Å²) in [6.07, 6.45) is 6.64. The van der Waals surface area contributed by atoms with Gasteiger partial charge < -0.3 is 9.47 Å². The minimum Gasteiger partial charge on any atom is -0.395 e. The number of para-hydroxylation sites is 2. The van der Waals surface area contributed by atoms with Crippen LogP contribution in [0.3, 0.4) is 0 Å². The number of aromatic amines is 2. The highest BCUT2D eigenvalue weighted by Crippen LogP contribution is 2.40. The number of nitrogens with one attached hydrogen (secondary N) is 2. The molecule has 2 N–H and O–H groups in total. The molecule has 6 rings (SSSR count). The number of benzene rings is 1. The van der Waals surface area contributed by atoms with Crippen molar-refractivity contribution in [3.8, 4) is 11.5 Å². The Morgan fingerprint density at radius 3 is 1.88 bits per heavy atom. The van der Waals surface area contributed by atoms with E-state index in [0.717, 1.165) is 16.6 Å². The maximum atomic E-state index is 12.3. The van der Waals surface area contributed by atoms with Gasteiger partial charge in [0.25, 0.3) is 0 Å². The number of hydrogen-bond acceptors (Lipinski definition) is 6. The van der Waals surface area contributed by atoms with Gasteiger partial charge >= 0.3 is 6.29 Å². The number of aromatic nitrogens is 5. The van der Waals surface area contributed by atoms with Crippen molar-refractivity contribution in [2.45, 2.75) is 46.8 Å². The van der Waals surface area contributed by atoms with Gasteiger partial charge in [-0.2, -0.15) is 10.2 Å². The van der Waals surface area contributed by atoms with Crippen molar-refractivity contribution in [3.05, 3.63) is 76.8 Å². The Hall–Kier alpha value is -3.27. The molecule has 33 heavy (non-hydrogen) atoms. The van der Waals surface area contributed by atoms with Crippen molar-refractivity contribution in [1.29, 1.82) is 0 Å². The number of rotatable bonds is 0. The smallest absolute Gasteiger partial charge is 0.395 e. The van der Waals surface area contributed by atoms with E-state index >= 15 is 0 Å².